The van der Waals surface area contributed by atoms with Crippen molar-refractivity contribution in [2.75, 3.05) is 0 Å². The Kier molecular flexibility index (Phi) is 5.25. The van der Waals surface area contributed by atoms with Crippen molar-refractivity contribution in [2.45, 2.75) is 58.5 Å². The number of tetrazole rings is 1. The first-order chi connectivity index (χ1) is 7.24. The number of rotatable bonds is 7. The normalized spacial score (nSPS) is 15.1. The van der Waals surface area contributed by atoms with E-state index in [0.29, 0.717) is 6.04 Å². The summed E-state index contributed by atoms with van der Waals surface area (Å²) in [5.74, 6) is 0.734. The molecule has 1 aromatic heterocycles. The summed E-state index contributed by atoms with van der Waals surface area (Å²) in [5, 5.41) is 17.4. The second-order valence-electron chi connectivity index (χ2n) is 4.06. The number of H-pyrrole nitrogens is 1. The first kappa shape index (κ1) is 12.1. The van der Waals surface area contributed by atoms with Gasteiger partial charge in [0.25, 0.3) is 0 Å². The van der Waals surface area contributed by atoms with Crippen LogP contribution in [-0.4, -0.2) is 26.7 Å². The number of aromatic nitrogens is 4. The molecular weight excluding hydrogens is 190 g/mol. The van der Waals surface area contributed by atoms with E-state index in [4.69, 9.17) is 0 Å². The predicted molar refractivity (Wildman–Crippen MR) is 59.3 cm³/mol. The van der Waals surface area contributed by atoms with Crippen molar-refractivity contribution in [3.63, 3.8) is 0 Å². The Morgan fingerprint density at radius 1 is 1.33 bits per heavy atom. The summed E-state index contributed by atoms with van der Waals surface area (Å²) < 4.78 is 0. The molecule has 1 aromatic rings. The second kappa shape index (κ2) is 6.50. The summed E-state index contributed by atoms with van der Waals surface area (Å²) in [4.78, 5) is 0. The maximum absolute atomic E-state index is 3.96. The summed E-state index contributed by atoms with van der Waals surface area (Å²) in [6.07, 6.45) is 5.06. The van der Waals surface area contributed by atoms with Crippen LogP contribution in [0.25, 0.3) is 0 Å². The molecule has 5 heteroatoms. The zero-order valence-electron chi connectivity index (χ0n) is 9.82. The molecule has 5 nitrogen and oxygen atoms in total. The molecule has 0 aliphatic rings. The van der Waals surface area contributed by atoms with E-state index >= 15 is 0 Å². The van der Waals surface area contributed by atoms with Crippen LogP contribution in [0.1, 0.15) is 58.3 Å². The van der Waals surface area contributed by atoms with Crippen LogP contribution in [0.3, 0.4) is 0 Å². The Morgan fingerprint density at radius 3 is 2.73 bits per heavy atom. The topological polar surface area (TPSA) is 66.5 Å². The average molecular weight is 211 g/mol. The second-order valence-corrected chi connectivity index (χ2v) is 4.06. The van der Waals surface area contributed by atoms with Crippen LogP contribution in [0.2, 0.25) is 0 Å². The lowest BCUT2D eigenvalue weighted by Crippen LogP contribution is -2.29. The summed E-state index contributed by atoms with van der Waals surface area (Å²) in [6.45, 7) is 6.48. The van der Waals surface area contributed by atoms with Crippen molar-refractivity contribution in [3.8, 4) is 0 Å². The van der Waals surface area contributed by atoms with Gasteiger partial charge in [0.1, 0.15) is 0 Å². The molecule has 0 aliphatic carbocycles. The number of aromatic amines is 1. The molecule has 2 unspecified atom stereocenters. The van der Waals surface area contributed by atoms with Gasteiger partial charge in [-0.05, 0) is 20.3 Å². The van der Waals surface area contributed by atoms with E-state index in [2.05, 4.69) is 46.7 Å². The van der Waals surface area contributed by atoms with E-state index in [9.17, 15) is 0 Å². The minimum atomic E-state index is 0.167. The smallest absolute Gasteiger partial charge is 0.191 e. The Bertz CT molecular complexity index is 246. The molecule has 0 saturated heterocycles. The maximum atomic E-state index is 3.96. The van der Waals surface area contributed by atoms with Crippen molar-refractivity contribution >= 4 is 0 Å². The van der Waals surface area contributed by atoms with Gasteiger partial charge in [-0.25, -0.2) is 0 Å². The Morgan fingerprint density at radius 2 is 2.13 bits per heavy atom. The van der Waals surface area contributed by atoms with Crippen LogP contribution < -0.4 is 5.32 Å². The molecule has 0 saturated carbocycles. The van der Waals surface area contributed by atoms with Crippen LogP contribution in [-0.2, 0) is 0 Å². The van der Waals surface area contributed by atoms with Gasteiger partial charge in [-0.3, -0.25) is 0 Å². The molecule has 0 amide bonds. The van der Waals surface area contributed by atoms with Crippen molar-refractivity contribution < 1.29 is 0 Å². The summed E-state index contributed by atoms with van der Waals surface area (Å²) in [6, 6.07) is 0.672. The molecule has 0 radical (unpaired) electrons. The fourth-order valence-corrected chi connectivity index (χ4v) is 1.64. The molecule has 0 fully saturated rings. The number of hydrogen-bond donors (Lipinski definition) is 2. The van der Waals surface area contributed by atoms with Crippen molar-refractivity contribution in [3.05, 3.63) is 5.82 Å². The van der Waals surface area contributed by atoms with Crippen LogP contribution in [0.15, 0.2) is 0 Å². The molecule has 2 N–H and O–H groups in total. The predicted octanol–water partition coefficient (Wildman–Crippen LogP) is 1.82. The highest BCUT2D eigenvalue weighted by molar-refractivity contribution is 4.86. The van der Waals surface area contributed by atoms with Gasteiger partial charge in [0.2, 0.25) is 0 Å². The average Bonchev–Trinajstić information content (AvgIpc) is 2.70. The van der Waals surface area contributed by atoms with Crippen LogP contribution in [0, 0.1) is 0 Å². The van der Waals surface area contributed by atoms with Crippen LogP contribution in [0.5, 0.6) is 0 Å². The highest BCUT2D eigenvalue weighted by Crippen LogP contribution is 2.09. The Labute approximate surface area is 91.0 Å². The first-order valence-electron chi connectivity index (χ1n) is 5.73. The van der Waals surface area contributed by atoms with Crippen molar-refractivity contribution in [2.24, 2.45) is 0 Å². The summed E-state index contributed by atoms with van der Waals surface area (Å²) in [7, 11) is 0. The van der Waals surface area contributed by atoms with Crippen molar-refractivity contribution in [1.29, 1.82) is 0 Å². The van der Waals surface area contributed by atoms with Gasteiger partial charge in [0, 0.05) is 6.04 Å². The lowest BCUT2D eigenvalue weighted by Gasteiger charge is -2.17. The highest BCUT2D eigenvalue weighted by Gasteiger charge is 2.12. The SMILES string of the molecule is CCCCCC(C)NC(C)c1nn[nH]n1. The Hall–Kier alpha value is -0.970. The van der Waals surface area contributed by atoms with Gasteiger partial charge in [-0.1, -0.05) is 31.4 Å². The highest BCUT2D eigenvalue weighted by atomic mass is 15.5. The largest absolute Gasteiger partial charge is 0.305 e. The first-order valence-corrected chi connectivity index (χ1v) is 5.73. The number of nitrogens with zero attached hydrogens (tertiary/aromatic N) is 3. The minimum Gasteiger partial charge on any atom is -0.305 e. The zero-order chi connectivity index (χ0) is 11.1. The van der Waals surface area contributed by atoms with Gasteiger partial charge in [0.05, 0.1) is 6.04 Å². The van der Waals surface area contributed by atoms with Gasteiger partial charge >= 0.3 is 0 Å². The van der Waals surface area contributed by atoms with E-state index in [-0.39, 0.29) is 6.04 Å². The quantitative estimate of drug-likeness (QED) is 0.675. The van der Waals surface area contributed by atoms with E-state index in [0.717, 1.165) is 5.82 Å². The molecule has 86 valence electrons. The van der Waals surface area contributed by atoms with Crippen LogP contribution >= 0.6 is 0 Å². The fraction of sp³-hybridized carbons (Fsp3) is 0.900. The van der Waals surface area contributed by atoms with Crippen LogP contribution in [0.4, 0.5) is 0 Å². The standard InChI is InChI=1S/C10H21N5/c1-4-5-6-7-8(2)11-9(3)10-12-14-15-13-10/h8-9,11H,4-7H2,1-3H3,(H,12,13,14,15). The van der Waals surface area contributed by atoms with E-state index in [1.165, 1.54) is 25.7 Å². The monoisotopic (exact) mass is 211 g/mol. The van der Waals surface area contributed by atoms with Gasteiger partial charge < -0.3 is 5.32 Å². The number of unbranched alkanes of at least 4 members (excludes halogenated alkanes) is 2. The molecule has 2 atom stereocenters. The van der Waals surface area contributed by atoms with Crippen molar-refractivity contribution in [1.82, 2.24) is 25.9 Å². The zero-order valence-corrected chi connectivity index (χ0v) is 9.82. The Balaban J connectivity index is 2.22. The lowest BCUT2D eigenvalue weighted by molar-refractivity contribution is 0.429. The maximum Gasteiger partial charge on any atom is 0.191 e. The third-order valence-corrected chi connectivity index (χ3v) is 2.52. The summed E-state index contributed by atoms with van der Waals surface area (Å²) >= 11 is 0. The molecule has 1 rings (SSSR count). The minimum absolute atomic E-state index is 0.167. The third kappa shape index (κ3) is 4.38. The number of nitrogens with one attached hydrogen (secondary N) is 2. The number of hydrogen-bond acceptors (Lipinski definition) is 4. The third-order valence-electron chi connectivity index (χ3n) is 2.52. The summed E-state index contributed by atoms with van der Waals surface area (Å²) in [5.41, 5.74) is 0. The van der Waals surface area contributed by atoms with E-state index in [1.54, 1.807) is 0 Å². The van der Waals surface area contributed by atoms with E-state index < -0.39 is 0 Å². The molecule has 0 aliphatic heterocycles. The van der Waals surface area contributed by atoms with Gasteiger partial charge in [-0.15, -0.1) is 10.2 Å². The fourth-order valence-electron chi connectivity index (χ4n) is 1.64. The molecule has 0 spiro atoms. The van der Waals surface area contributed by atoms with E-state index in [1.807, 2.05) is 0 Å². The van der Waals surface area contributed by atoms with Gasteiger partial charge in [0.15, 0.2) is 5.82 Å². The molecule has 1 heterocycles. The molecule has 0 bridgehead atoms. The molecule has 0 aromatic carbocycles. The van der Waals surface area contributed by atoms with Gasteiger partial charge in [-0.2, -0.15) is 5.21 Å². The lowest BCUT2D eigenvalue weighted by atomic mass is 10.1. The molecular formula is C10H21N5. The molecule has 15 heavy (non-hydrogen) atoms.